The summed E-state index contributed by atoms with van der Waals surface area (Å²) in [6.45, 7) is 0.181. The lowest BCUT2D eigenvalue weighted by molar-refractivity contribution is 0.0993. The van der Waals surface area contributed by atoms with Gasteiger partial charge in [0.05, 0.1) is 12.0 Å². The second-order valence-corrected chi connectivity index (χ2v) is 4.81. The maximum atomic E-state index is 13.6. The fraction of sp³-hybridized carbons (Fsp3) is 0.0556. The van der Waals surface area contributed by atoms with Crippen molar-refractivity contribution < 1.29 is 18.3 Å². The highest BCUT2D eigenvalue weighted by Crippen LogP contribution is 2.18. The van der Waals surface area contributed by atoms with Crippen molar-refractivity contribution in [1.29, 1.82) is 0 Å². The number of benzene rings is 2. The van der Waals surface area contributed by atoms with Crippen molar-refractivity contribution in [2.24, 2.45) is 0 Å². The van der Waals surface area contributed by atoms with Crippen LogP contribution in [0.5, 0.6) is 5.75 Å². The quantitative estimate of drug-likeness (QED) is 0.766. The van der Waals surface area contributed by atoms with Crippen LogP contribution in [0.3, 0.4) is 0 Å². The summed E-state index contributed by atoms with van der Waals surface area (Å²) >= 11 is 0. The maximum Gasteiger partial charge on any atom is 0.291 e. The van der Waals surface area contributed by atoms with Crippen LogP contribution in [0.25, 0.3) is 0 Å². The van der Waals surface area contributed by atoms with Gasteiger partial charge in [-0.25, -0.2) is 4.39 Å². The second-order valence-electron chi connectivity index (χ2n) is 4.81. The molecule has 0 spiro atoms. The first-order chi connectivity index (χ1) is 11.2. The minimum Gasteiger partial charge on any atom is -0.489 e. The number of hydrogen-bond acceptors (Lipinski definition) is 3. The number of furan rings is 1. The molecule has 0 saturated heterocycles. The van der Waals surface area contributed by atoms with Crippen molar-refractivity contribution in [1.82, 2.24) is 0 Å². The third kappa shape index (κ3) is 3.58. The smallest absolute Gasteiger partial charge is 0.291 e. The van der Waals surface area contributed by atoms with E-state index in [1.165, 1.54) is 18.4 Å². The highest BCUT2D eigenvalue weighted by molar-refractivity contribution is 6.03. The molecular weight excluding hydrogens is 297 g/mol. The Labute approximate surface area is 132 Å². The van der Waals surface area contributed by atoms with E-state index in [0.717, 1.165) is 0 Å². The van der Waals surface area contributed by atoms with Gasteiger partial charge >= 0.3 is 0 Å². The first kappa shape index (κ1) is 14.8. The molecule has 3 aromatic rings. The summed E-state index contributed by atoms with van der Waals surface area (Å²) in [5, 5.41) is 2.49. The average Bonchev–Trinajstić information content (AvgIpc) is 3.05. The van der Waals surface area contributed by atoms with Crippen LogP contribution in [0.4, 0.5) is 10.1 Å². The molecule has 0 fully saturated rings. The molecule has 4 nitrogen and oxygen atoms in total. The molecule has 116 valence electrons. The van der Waals surface area contributed by atoms with Gasteiger partial charge in [-0.05, 0) is 30.3 Å². The van der Waals surface area contributed by atoms with Gasteiger partial charge in [0.15, 0.2) is 5.76 Å². The first-order valence-electron chi connectivity index (χ1n) is 7.04. The van der Waals surface area contributed by atoms with Gasteiger partial charge in [0.25, 0.3) is 5.91 Å². The fourth-order valence-corrected chi connectivity index (χ4v) is 2.07. The van der Waals surface area contributed by atoms with Crippen LogP contribution >= 0.6 is 0 Å². The predicted octanol–water partition coefficient (Wildman–Crippen LogP) is 4.25. The van der Waals surface area contributed by atoms with Gasteiger partial charge in [0, 0.05) is 5.56 Å². The van der Waals surface area contributed by atoms with E-state index in [4.69, 9.17) is 9.15 Å². The molecule has 5 heteroatoms. The largest absolute Gasteiger partial charge is 0.489 e. The fourth-order valence-electron chi connectivity index (χ4n) is 2.07. The molecule has 0 unspecified atom stereocenters. The summed E-state index contributed by atoms with van der Waals surface area (Å²) in [6.07, 6.45) is 1.40. The Bertz CT molecular complexity index is 799. The molecule has 0 aliphatic heterocycles. The minimum atomic E-state index is -0.522. The van der Waals surface area contributed by atoms with Gasteiger partial charge in [-0.2, -0.15) is 0 Å². The number of para-hydroxylation sites is 2. The Morgan fingerprint density at radius 2 is 1.78 bits per heavy atom. The van der Waals surface area contributed by atoms with Gasteiger partial charge in [-0.3, -0.25) is 4.79 Å². The van der Waals surface area contributed by atoms with Crippen LogP contribution in [-0.4, -0.2) is 5.91 Å². The summed E-state index contributed by atoms with van der Waals surface area (Å²) < 4.78 is 24.4. The van der Waals surface area contributed by atoms with Gasteiger partial charge < -0.3 is 14.5 Å². The van der Waals surface area contributed by atoms with Crippen LogP contribution in [0.15, 0.2) is 71.3 Å². The molecule has 0 radical (unpaired) electrons. The predicted molar refractivity (Wildman–Crippen MR) is 83.8 cm³/mol. The Morgan fingerprint density at radius 3 is 2.57 bits per heavy atom. The number of carbonyl (C=O) groups excluding carboxylic acids is 1. The van der Waals surface area contributed by atoms with Crippen molar-refractivity contribution in [3.63, 3.8) is 0 Å². The summed E-state index contributed by atoms with van der Waals surface area (Å²) in [6, 6.07) is 16.8. The van der Waals surface area contributed by atoms with Crippen LogP contribution in [-0.2, 0) is 6.61 Å². The Hall–Kier alpha value is -3.08. The van der Waals surface area contributed by atoms with Crippen LogP contribution in [0.2, 0.25) is 0 Å². The molecule has 1 N–H and O–H groups in total. The van der Waals surface area contributed by atoms with Crippen molar-refractivity contribution >= 4 is 11.6 Å². The first-order valence-corrected chi connectivity index (χ1v) is 7.04. The number of carbonyl (C=O) groups is 1. The van der Waals surface area contributed by atoms with Gasteiger partial charge in [-0.15, -0.1) is 0 Å². The van der Waals surface area contributed by atoms with E-state index in [-0.39, 0.29) is 18.1 Å². The monoisotopic (exact) mass is 311 g/mol. The number of rotatable bonds is 5. The van der Waals surface area contributed by atoms with E-state index in [1.807, 2.05) is 30.3 Å². The highest BCUT2D eigenvalue weighted by Gasteiger charge is 2.17. The number of anilines is 1. The van der Waals surface area contributed by atoms with E-state index < -0.39 is 11.7 Å². The number of nitrogens with one attached hydrogen (secondary N) is 1. The molecule has 0 saturated carbocycles. The molecule has 0 bridgehead atoms. The molecule has 0 atom stereocenters. The molecule has 2 aromatic carbocycles. The van der Waals surface area contributed by atoms with Gasteiger partial charge in [-0.1, -0.05) is 30.3 Å². The van der Waals surface area contributed by atoms with E-state index in [2.05, 4.69) is 5.32 Å². The van der Waals surface area contributed by atoms with Gasteiger partial charge in [0.2, 0.25) is 0 Å². The van der Waals surface area contributed by atoms with E-state index >= 15 is 0 Å². The lowest BCUT2D eigenvalue weighted by Gasteiger charge is -2.07. The number of halogens is 1. The molecule has 0 aliphatic carbocycles. The molecule has 1 aromatic heterocycles. The molecule has 23 heavy (non-hydrogen) atoms. The van der Waals surface area contributed by atoms with E-state index in [1.54, 1.807) is 18.2 Å². The lowest BCUT2D eigenvalue weighted by Crippen LogP contribution is -2.14. The topological polar surface area (TPSA) is 51.5 Å². The van der Waals surface area contributed by atoms with Crippen molar-refractivity contribution in [3.8, 4) is 5.75 Å². The third-order valence-corrected chi connectivity index (χ3v) is 3.21. The Kier molecular flexibility index (Phi) is 4.38. The zero-order chi connectivity index (χ0) is 16.1. The molecular formula is C18H14FNO3. The number of amides is 1. The summed E-state index contributed by atoms with van der Waals surface area (Å²) in [7, 11) is 0. The van der Waals surface area contributed by atoms with Crippen LogP contribution in [0.1, 0.15) is 16.1 Å². The Balaban J connectivity index is 1.70. The summed E-state index contributed by atoms with van der Waals surface area (Å²) in [5.41, 5.74) is 0.687. The Morgan fingerprint density at radius 1 is 1.04 bits per heavy atom. The van der Waals surface area contributed by atoms with E-state index in [9.17, 15) is 9.18 Å². The molecule has 1 heterocycles. The minimum absolute atomic E-state index is 0.101. The summed E-state index contributed by atoms with van der Waals surface area (Å²) in [5.74, 6) is -0.236. The van der Waals surface area contributed by atoms with Crippen molar-refractivity contribution in [2.75, 3.05) is 5.32 Å². The van der Waals surface area contributed by atoms with Crippen LogP contribution < -0.4 is 10.1 Å². The van der Waals surface area contributed by atoms with Gasteiger partial charge in [0.1, 0.15) is 18.2 Å². The van der Waals surface area contributed by atoms with Crippen molar-refractivity contribution in [3.05, 3.63) is 84.1 Å². The zero-order valence-electron chi connectivity index (χ0n) is 12.2. The zero-order valence-corrected chi connectivity index (χ0v) is 12.2. The van der Waals surface area contributed by atoms with Crippen molar-refractivity contribution in [2.45, 2.75) is 6.61 Å². The molecule has 0 aliphatic rings. The summed E-state index contributed by atoms with van der Waals surface area (Å²) in [4.78, 5) is 12.2. The third-order valence-electron chi connectivity index (χ3n) is 3.21. The van der Waals surface area contributed by atoms with E-state index in [0.29, 0.717) is 11.3 Å². The second kappa shape index (κ2) is 6.79. The molecule has 3 rings (SSSR count). The SMILES string of the molecule is O=C(Nc1ccccc1F)c1occc1COc1ccccc1. The maximum absolute atomic E-state index is 13.6. The number of hydrogen-bond donors (Lipinski definition) is 1. The number of ether oxygens (including phenoxy) is 1. The standard InChI is InChI=1S/C18H14FNO3/c19-15-8-4-5-9-16(15)20-18(21)17-13(10-11-22-17)12-23-14-6-2-1-3-7-14/h1-11H,12H2,(H,20,21). The normalized spacial score (nSPS) is 10.3. The molecule has 1 amide bonds. The average molecular weight is 311 g/mol. The van der Waals surface area contributed by atoms with Crippen LogP contribution in [0, 0.1) is 5.82 Å². The lowest BCUT2D eigenvalue weighted by atomic mass is 10.2. The highest BCUT2D eigenvalue weighted by atomic mass is 19.1.